The van der Waals surface area contributed by atoms with Crippen LogP contribution < -0.4 is 54.0 Å². The zero-order chi connectivity index (χ0) is 48.6. The summed E-state index contributed by atoms with van der Waals surface area (Å²) in [5, 5.41) is 30.8. The number of aldehydes is 1. The fourth-order valence-corrected chi connectivity index (χ4v) is 6.05. The summed E-state index contributed by atoms with van der Waals surface area (Å²) in [5.74, 6) is -6.29. The van der Waals surface area contributed by atoms with Gasteiger partial charge in [-0.05, 0) is 72.1 Å². The van der Waals surface area contributed by atoms with Gasteiger partial charge in [0.25, 0.3) is 0 Å². The highest BCUT2D eigenvalue weighted by Gasteiger charge is 2.35. The predicted octanol–water partition coefficient (Wildman–Crippen LogP) is -2.70. The molecule has 360 valence electrons. The van der Waals surface area contributed by atoms with Gasteiger partial charge in [0, 0.05) is 13.5 Å². The molecule has 8 amide bonds. The van der Waals surface area contributed by atoms with Gasteiger partial charge in [0.2, 0.25) is 47.3 Å². The van der Waals surface area contributed by atoms with E-state index < -0.39 is 108 Å². The van der Waals surface area contributed by atoms with Crippen LogP contribution in [0.2, 0.25) is 0 Å². The number of guanidine groups is 1. The minimum absolute atomic E-state index is 0.0407. The van der Waals surface area contributed by atoms with Gasteiger partial charge in [-0.3, -0.25) is 43.3 Å². The molecular weight excluding hydrogens is 821 g/mol. The molecule has 0 aromatic heterocycles. The smallest absolute Gasteiger partial charge is 0.245 e. The van der Waals surface area contributed by atoms with Gasteiger partial charge in [0.05, 0.1) is 39.8 Å². The lowest BCUT2D eigenvalue weighted by Gasteiger charge is -2.29. The minimum atomic E-state index is -1.49. The Kier molecular flexibility index (Phi) is 26.6. The lowest BCUT2D eigenvalue weighted by Crippen LogP contribution is -2.61. The summed E-state index contributed by atoms with van der Waals surface area (Å²) in [7, 11) is 6.09. The number of quaternary nitrogens is 1. The number of nitrogens with two attached hydrogens (primary N) is 2. The van der Waals surface area contributed by atoms with E-state index in [1.807, 2.05) is 28.1 Å². The van der Waals surface area contributed by atoms with Gasteiger partial charge >= 0.3 is 0 Å². The van der Waals surface area contributed by atoms with Crippen LogP contribution in [0.4, 0.5) is 0 Å². The number of amides is 8. The number of aliphatic imine (C=N–C) groups is 1. The average molecular weight is 898 g/mol. The van der Waals surface area contributed by atoms with E-state index in [0.29, 0.717) is 30.0 Å². The van der Waals surface area contributed by atoms with E-state index in [1.54, 1.807) is 13.8 Å². The largest absolute Gasteiger partial charge is 0.391 e. The molecule has 0 saturated carbocycles. The summed E-state index contributed by atoms with van der Waals surface area (Å²) in [5.41, 5.74) is 10.9. The van der Waals surface area contributed by atoms with Crippen molar-refractivity contribution in [3.63, 3.8) is 0 Å². The Balaban J connectivity index is 6.18. The first-order valence-electron chi connectivity index (χ1n) is 21.6. The number of aliphatic hydroxyl groups excluding tert-OH is 1. The number of unbranched alkanes of at least 4 members (excludes halogenated alkanes) is 2. The molecule has 22 heteroatoms. The molecule has 0 fully saturated rings. The summed E-state index contributed by atoms with van der Waals surface area (Å²) in [4.78, 5) is 121. The number of carbonyl (C=O) groups is 9. The lowest BCUT2D eigenvalue weighted by molar-refractivity contribution is -0.870. The molecule has 0 radical (unpaired) electrons. The van der Waals surface area contributed by atoms with Gasteiger partial charge in [0.1, 0.15) is 48.6 Å². The van der Waals surface area contributed by atoms with Crippen molar-refractivity contribution in [1.82, 2.24) is 42.5 Å². The maximum absolute atomic E-state index is 13.8. The van der Waals surface area contributed by atoms with Crippen molar-refractivity contribution in [2.45, 2.75) is 161 Å². The second-order valence-electron chi connectivity index (χ2n) is 17.3. The third-order valence-corrected chi connectivity index (χ3v) is 9.71. The summed E-state index contributed by atoms with van der Waals surface area (Å²) < 4.78 is 0.697. The van der Waals surface area contributed by atoms with Crippen molar-refractivity contribution in [3.05, 3.63) is 0 Å². The van der Waals surface area contributed by atoms with Crippen LogP contribution in [0.25, 0.3) is 0 Å². The van der Waals surface area contributed by atoms with Crippen LogP contribution in [0.15, 0.2) is 4.99 Å². The summed E-state index contributed by atoms with van der Waals surface area (Å²) in [6.07, 6.45) is 2.31. The lowest BCUT2D eigenvalue weighted by atomic mass is 10.0. The Morgan fingerprint density at radius 1 is 0.587 bits per heavy atom. The number of nitrogens with one attached hydrogen (secondary N) is 8. The van der Waals surface area contributed by atoms with Crippen molar-refractivity contribution in [2.24, 2.45) is 22.4 Å². The van der Waals surface area contributed by atoms with Crippen molar-refractivity contribution >= 4 is 59.5 Å². The van der Waals surface area contributed by atoms with E-state index in [4.69, 9.17) is 11.5 Å². The fraction of sp³-hybridized carbons (Fsp3) is 0.756. The number of nitrogens with zero attached hydrogens (tertiary/aromatic N) is 2. The number of hydrogen-bond donors (Lipinski definition) is 11. The molecule has 13 N–H and O–H groups in total. The normalized spacial score (nSPS) is 15.6. The van der Waals surface area contributed by atoms with Gasteiger partial charge < -0.3 is 68.4 Å². The van der Waals surface area contributed by atoms with Gasteiger partial charge in [-0.25, -0.2) is 0 Å². The molecule has 0 unspecified atom stereocenters. The van der Waals surface area contributed by atoms with Crippen LogP contribution in [0.5, 0.6) is 0 Å². The molecule has 9 atom stereocenters. The summed E-state index contributed by atoms with van der Waals surface area (Å²) in [6.45, 7) is 12.9. The zero-order valence-electron chi connectivity index (χ0n) is 39.1. The third-order valence-electron chi connectivity index (χ3n) is 9.71. The van der Waals surface area contributed by atoms with E-state index in [2.05, 4.69) is 47.5 Å². The fourth-order valence-electron chi connectivity index (χ4n) is 6.05. The Bertz CT molecular complexity index is 1560. The van der Waals surface area contributed by atoms with E-state index in [9.17, 15) is 48.3 Å². The van der Waals surface area contributed by atoms with E-state index in [-0.39, 0.29) is 38.2 Å². The maximum atomic E-state index is 13.8. The summed E-state index contributed by atoms with van der Waals surface area (Å²) >= 11 is 0. The van der Waals surface area contributed by atoms with Crippen LogP contribution in [0, 0.1) is 5.92 Å². The Hall–Kier alpha value is -5.38. The van der Waals surface area contributed by atoms with Crippen molar-refractivity contribution < 1.29 is 52.7 Å². The highest BCUT2D eigenvalue weighted by molar-refractivity contribution is 5.97. The SMILES string of the molecule is CCCC[C@H](NC(=O)[C@@H](NC(=O)[C@H](C)NC(C)=O)[C@@H](C)O)C(=O)N[C@H](C(=O)N[C@@H](C)C(=O)N[C@@H](CCCN=C(N)N)C(=O)N[C@@H](CCCC[N+](C)(C)C)C(=O)N[C@@H](C)C=O)C(C)C. The van der Waals surface area contributed by atoms with Gasteiger partial charge in [-0.1, -0.05) is 33.6 Å². The van der Waals surface area contributed by atoms with Gasteiger partial charge in [-0.2, -0.15) is 0 Å². The summed E-state index contributed by atoms with van der Waals surface area (Å²) in [6, 6.07) is -9.19. The monoisotopic (exact) mass is 898 g/mol. The number of hydrogen-bond acceptors (Lipinski definition) is 11. The number of aliphatic hydroxyl groups is 1. The standard InChI is InChI=1S/C41H76N12O10/c1-12-13-17-29(50-40(63)33(27(7)55)52-35(58)25(5)46-28(8)56)38(61)51-32(23(2)3)39(62)47-26(6)34(57)48-31(19-16-20-44-41(42)43)37(60)49-30(36(59)45-24(4)22-54)18-14-15-21-53(9,10)11/h22-27,29-33,55H,12-21H2,1-11H3,(H11-,42,43,44,45,46,47,48,49,50,51,52,56,57,58,59,60,61,62,63)/p+1/t24-,25-,26-,27+,29-,30-,31-,32-,33-/m0/s1. The highest BCUT2D eigenvalue weighted by Crippen LogP contribution is 2.10. The van der Waals surface area contributed by atoms with Crippen LogP contribution in [0.1, 0.15) is 107 Å². The molecule has 0 bridgehead atoms. The molecule has 22 nitrogen and oxygen atoms in total. The van der Waals surface area contributed by atoms with E-state index in [1.165, 1.54) is 34.6 Å². The molecule has 0 rings (SSSR count). The minimum Gasteiger partial charge on any atom is -0.391 e. The Morgan fingerprint density at radius 3 is 1.52 bits per heavy atom. The predicted molar refractivity (Wildman–Crippen MR) is 237 cm³/mol. The second-order valence-corrected chi connectivity index (χ2v) is 17.3. The molecule has 0 spiro atoms. The molecule has 63 heavy (non-hydrogen) atoms. The molecule has 0 aromatic carbocycles. The highest BCUT2D eigenvalue weighted by atomic mass is 16.3. The van der Waals surface area contributed by atoms with E-state index in [0.717, 1.165) is 13.0 Å². The molecule has 0 aliphatic heterocycles. The maximum Gasteiger partial charge on any atom is 0.245 e. The average Bonchev–Trinajstić information content (AvgIpc) is 3.17. The third kappa shape index (κ3) is 24.2. The molecule has 0 aliphatic rings. The number of carbonyl (C=O) groups excluding carboxylic acids is 9. The van der Waals surface area contributed by atoms with Crippen LogP contribution in [0.3, 0.4) is 0 Å². The van der Waals surface area contributed by atoms with Gasteiger partial charge in [0.15, 0.2) is 5.96 Å². The first kappa shape index (κ1) is 57.6. The van der Waals surface area contributed by atoms with Crippen molar-refractivity contribution in [1.29, 1.82) is 0 Å². The topological polar surface area (TPSA) is 334 Å². The first-order valence-corrected chi connectivity index (χ1v) is 21.6. The number of rotatable bonds is 30. The van der Waals surface area contributed by atoms with Crippen molar-refractivity contribution in [2.75, 3.05) is 34.2 Å². The van der Waals surface area contributed by atoms with Crippen LogP contribution in [-0.2, 0) is 43.2 Å². The molecule has 0 aliphatic carbocycles. The van der Waals surface area contributed by atoms with Crippen molar-refractivity contribution in [3.8, 4) is 0 Å². The Labute approximate surface area is 372 Å². The van der Waals surface area contributed by atoms with E-state index >= 15 is 0 Å². The zero-order valence-corrected chi connectivity index (χ0v) is 39.1. The van der Waals surface area contributed by atoms with Crippen LogP contribution in [-0.4, -0.2) is 158 Å². The molecule has 0 saturated heterocycles. The quantitative estimate of drug-likeness (QED) is 0.0115. The molecule has 0 heterocycles. The second kappa shape index (κ2) is 29.1. The van der Waals surface area contributed by atoms with Gasteiger partial charge in [-0.15, -0.1) is 0 Å². The van der Waals surface area contributed by atoms with Crippen LogP contribution >= 0.6 is 0 Å². The Morgan fingerprint density at radius 2 is 1.03 bits per heavy atom. The first-order chi connectivity index (χ1) is 29.2. The molecule has 0 aromatic rings. The molecular formula is C41H77N12O10+.